The minimum Gasteiger partial charge on any atom is -0.465 e. The first-order valence-corrected chi connectivity index (χ1v) is 3.79. The third-order valence-corrected chi connectivity index (χ3v) is 2.02. The van der Waals surface area contributed by atoms with E-state index in [1.54, 1.807) is 7.05 Å². The van der Waals surface area contributed by atoms with Gasteiger partial charge >= 0.3 is 5.97 Å². The van der Waals surface area contributed by atoms with Crippen molar-refractivity contribution < 1.29 is 9.53 Å². The normalized spacial score (nSPS) is 10.0. The van der Waals surface area contributed by atoms with Crippen LogP contribution in [0.2, 0.25) is 10.3 Å². The average Bonchev–Trinajstić information content (AvgIpc) is 2.26. The Kier molecular flexibility index (Phi) is 2.59. The van der Waals surface area contributed by atoms with Crippen LogP contribution in [-0.2, 0) is 11.8 Å². The second kappa shape index (κ2) is 3.33. The molecule has 12 heavy (non-hydrogen) atoms. The van der Waals surface area contributed by atoms with Gasteiger partial charge in [0.1, 0.15) is 10.7 Å². The van der Waals surface area contributed by atoms with Crippen molar-refractivity contribution in [1.82, 2.24) is 9.78 Å². The number of halogens is 2. The largest absolute Gasteiger partial charge is 0.465 e. The lowest BCUT2D eigenvalue weighted by atomic mass is 10.4. The van der Waals surface area contributed by atoms with Gasteiger partial charge in [-0.3, -0.25) is 4.68 Å². The monoisotopic (exact) mass is 208 g/mol. The van der Waals surface area contributed by atoms with Gasteiger partial charge in [-0.15, -0.1) is 0 Å². The van der Waals surface area contributed by atoms with E-state index in [2.05, 4.69) is 9.84 Å². The van der Waals surface area contributed by atoms with Crippen LogP contribution in [-0.4, -0.2) is 22.9 Å². The molecule has 0 bridgehead atoms. The topological polar surface area (TPSA) is 44.1 Å². The van der Waals surface area contributed by atoms with Gasteiger partial charge in [-0.05, 0) is 0 Å². The van der Waals surface area contributed by atoms with Gasteiger partial charge in [0.05, 0.1) is 7.11 Å². The van der Waals surface area contributed by atoms with E-state index in [-0.39, 0.29) is 15.9 Å². The fraction of sp³-hybridized carbons (Fsp3) is 0.333. The summed E-state index contributed by atoms with van der Waals surface area (Å²) in [5.74, 6) is -0.585. The van der Waals surface area contributed by atoms with Crippen LogP contribution in [0, 0.1) is 0 Å². The Balaban J connectivity index is 3.22. The van der Waals surface area contributed by atoms with E-state index >= 15 is 0 Å². The summed E-state index contributed by atoms with van der Waals surface area (Å²) >= 11 is 11.3. The third kappa shape index (κ3) is 1.40. The molecule has 0 saturated carbocycles. The summed E-state index contributed by atoms with van der Waals surface area (Å²) in [5.41, 5.74) is 0.100. The molecule has 1 heterocycles. The highest BCUT2D eigenvalue weighted by Gasteiger charge is 2.20. The van der Waals surface area contributed by atoms with E-state index < -0.39 is 5.97 Å². The zero-order valence-corrected chi connectivity index (χ0v) is 7.98. The van der Waals surface area contributed by atoms with Gasteiger partial charge in [0.25, 0.3) is 0 Å². The van der Waals surface area contributed by atoms with Gasteiger partial charge < -0.3 is 4.74 Å². The van der Waals surface area contributed by atoms with Gasteiger partial charge in [-0.25, -0.2) is 4.79 Å². The Hall–Kier alpha value is -0.740. The highest BCUT2D eigenvalue weighted by atomic mass is 35.5. The molecule has 6 heteroatoms. The first-order valence-electron chi connectivity index (χ1n) is 3.04. The molecule has 0 radical (unpaired) electrons. The molecule has 0 saturated heterocycles. The molecule has 0 aromatic carbocycles. The average molecular weight is 209 g/mol. The standard InChI is InChI=1S/C6H6Cl2N2O2/c1-10-5(8)3(4(7)9-10)6(11)12-2/h1-2H3. The zero-order valence-electron chi connectivity index (χ0n) is 6.47. The molecule has 1 aromatic rings. The number of rotatable bonds is 1. The number of aromatic nitrogens is 2. The molecule has 0 unspecified atom stereocenters. The number of nitrogens with zero attached hydrogens (tertiary/aromatic N) is 2. The highest BCUT2D eigenvalue weighted by molar-refractivity contribution is 6.38. The summed E-state index contributed by atoms with van der Waals surface area (Å²) in [6.07, 6.45) is 0. The summed E-state index contributed by atoms with van der Waals surface area (Å²) in [6, 6.07) is 0. The number of carbonyl (C=O) groups is 1. The van der Waals surface area contributed by atoms with Crippen LogP contribution in [0.25, 0.3) is 0 Å². The maximum Gasteiger partial charge on any atom is 0.344 e. The molecule has 0 aliphatic heterocycles. The number of methoxy groups -OCH3 is 1. The lowest BCUT2D eigenvalue weighted by Gasteiger charge is -1.95. The van der Waals surface area contributed by atoms with Crippen molar-refractivity contribution in [2.45, 2.75) is 0 Å². The van der Waals surface area contributed by atoms with Gasteiger partial charge in [0, 0.05) is 7.05 Å². The lowest BCUT2D eigenvalue weighted by molar-refractivity contribution is 0.0601. The minimum atomic E-state index is -0.585. The van der Waals surface area contributed by atoms with Crippen LogP contribution < -0.4 is 0 Å². The number of hydrogen-bond acceptors (Lipinski definition) is 3. The molecule has 0 aliphatic rings. The predicted molar refractivity (Wildman–Crippen MR) is 44.6 cm³/mol. The lowest BCUT2D eigenvalue weighted by Crippen LogP contribution is -2.01. The van der Waals surface area contributed by atoms with Crippen LogP contribution in [0.4, 0.5) is 0 Å². The van der Waals surface area contributed by atoms with E-state index in [0.29, 0.717) is 0 Å². The smallest absolute Gasteiger partial charge is 0.344 e. The summed E-state index contributed by atoms with van der Waals surface area (Å²) in [5, 5.41) is 3.95. The fourth-order valence-corrected chi connectivity index (χ4v) is 1.28. The predicted octanol–water partition coefficient (Wildman–Crippen LogP) is 1.51. The molecule has 66 valence electrons. The molecule has 1 aromatic heterocycles. The molecular weight excluding hydrogens is 203 g/mol. The Morgan fingerprint density at radius 1 is 1.58 bits per heavy atom. The number of aryl methyl sites for hydroxylation is 1. The number of ether oxygens (including phenoxy) is 1. The highest BCUT2D eigenvalue weighted by Crippen LogP contribution is 2.23. The first-order chi connectivity index (χ1) is 5.57. The van der Waals surface area contributed by atoms with Gasteiger partial charge in [-0.2, -0.15) is 5.10 Å². The number of hydrogen-bond donors (Lipinski definition) is 0. The van der Waals surface area contributed by atoms with Gasteiger partial charge in [0.15, 0.2) is 5.15 Å². The van der Waals surface area contributed by atoms with Crippen molar-refractivity contribution in [3.63, 3.8) is 0 Å². The molecule has 0 spiro atoms. The van der Waals surface area contributed by atoms with Crippen molar-refractivity contribution >= 4 is 29.2 Å². The summed E-state index contributed by atoms with van der Waals surface area (Å²) in [7, 11) is 2.84. The molecular formula is C6H6Cl2N2O2. The molecule has 0 atom stereocenters. The van der Waals surface area contributed by atoms with Crippen molar-refractivity contribution in [1.29, 1.82) is 0 Å². The molecule has 0 amide bonds. The summed E-state index contributed by atoms with van der Waals surface area (Å²) in [4.78, 5) is 11.0. The molecule has 1 rings (SSSR count). The van der Waals surface area contributed by atoms with Crippen LogP contribution in [0.3, 0.4) is 0 Å². The van der Waals surface area contributed by atoms with E-state index in [1.807, 2.05) is 0 Å². The molecule has 0 fully saturated rings. The maximum atomic E-state index is 11.0. The maximum absolute atomic E-state index is 11.0. The zero-order chi connectivity index (χ0) is 9.30. The van der Waals surface area contributed by atoms with Crippen molar-refractivity contribution in [2.75, 3.05) is 7.11 Å². The first kappa shape index (κ1) is 9.35. The van der Waals surface area contributed by atoms with Gasteiger partial charge in [0.2, 0.25) is 0 Å². The summed E-state index contributed by atoms with van der Waals surface area (Å²) in [6.45, 7) is 0. The van der Waals surface area contributed by atoms with E-state index in [9.17, 15) is 4.79 Å². The van der Waals surface area contributed by atoms with E-state index in [1.165, 1.54) is 11.8 Å². The number of carbonyl (C=O) groups excluding carboxylic acids is 1. The van der Waals surface area contributed by atoms with Crippen LogP contribution in [0.1, 0.15) is 10.4 Å². The second-order valence-corrected chi connectivity index (χ2v) is 2.79. The fourth-order valence-electron chi connectivity index (χ4n) is 0.743. The SMILES string of the molecule is COC(=O)c1c(Cl)nn(C)c1Cl. The molecule has 0 aliphatic carbocycles. The van der Waals surface area contributed by atoms with Crippen molar-refractivity contribution in [3.8, 4) is 0 Å². The van der Waals surface area contributed by atoms with E-state index in [0.717, 1.165) is 0 Å². The quantitative estimate of drug-likeness (QED) is 0.658. The van der Waals surface area contributed by atoms with Crippen molar-refractivity contribution in [2.24, 2.45) is 7.05 Å². The van der Waals surface area contributed by atoms with Crippen LogP contribution in [0.15, 0.2) is 0 Å². The Labute approximate surface area is 79.0 Å². The Morgan fingerprint density at radius 3 is 2.50 bits per heavy atom. The summed E-state index contributed by atoms with van der Waals surface area (Å²) < 4.78 is 5.75. The van der Waals surface area contributed by atoms with Crippen molar-refractivity contribution in [3.05, 3.63) is 15.9 Å². The number of esters is 1. The Morgan fingerprint density at radius 2 is 2.17 bits per heavy atom. The second-order valence-electron chi connectivity index (χ2n) is 2.07. The van der Waals surface area contributed by atoms with Gasteiger partial charge in [-0.1, -0.05) is 23.2 Å². The third-order valence-electron chi connectivity index (χ3n) is 1.32. The van der Waals surface area contributed by atoms with Crippen LogP contribution >= 0.6 is 23.2 Å². The Bertz CT molecular complexity index is 322. The van der Waals surface area contributed by atoms with E-state index in [4.69, 9.17) is 23.2 Å². The minimum absolute atomic E-state index is 0.0503. The van der Waals surface area contributed by atoms with Crippen LogP contribution in [0.5, 0.6) is 0 Å². The molecule has 4 nitrogen and oxygen atoms in total. The molecule has 0 N–H and O–H groups in total.